The van der Waals surface area contributed by atoms with Crippen LogP contribution in [0.25, 0.3) is 22.3 Å². The Morgan fingerprint density at radius 1 is 1.35 bits per heavy atom. The molecule has 0 saturated carbocycles. The zero-order valence-electron chi connectivity index (χ0n) is 11.3. The highest BCUT2D eigenvalue weighted by atomic mass is 19.1. The van der Waals surface area contributed by atoms with E-state index in [9.17, 15) is 4.39 Å². The summed E-state index contributed by atoms with van der Waals surface area (Å²) < 4.78 is 15.4. The van der Waals surface area contributed by atoms with Gasteiger partial charge in [0.1, 0.15) is 11.4 Å². The molecule has 0 aliphatic rings. The zero-order valence-corrected chi connectivity index (χ0v) is 11.3. The number of anilines is 1. The number of nitrogens with one attached hydrogen (secondary N) is 1. The number of fused-ring (bicyclic) bond motifs is 1. The van der Waals surface area contributed by atoms with E-state index in [2.05, 4.69) is 20.3 Å². The smallest absolute Gasteiger partial charge is 0.125 e. The second-order valence-electron chi connectivity index (χ2n) is 5.35. The summed E-state index contributed by atoms with van der Waals surface area (Å²) in [5, 5.41) is 11.7. The molecule has 7 heteroatoms. The van der Waals surface area contributed by atoms with Gasteiger partial charge < -0.3 is 5.73 Å². The van der Waals surface area contributed by atoms with Crippen LogP contribution in [-0.2, 0) is 6.54 Å². The summed E-state index contributed by atoms with van der Waals surface area (Å²) in [5.41, 5.74) is 7.12. The van der Waals surface area contributed by atoms with Gasteiger partial charge in [0.25, 0.3) is 0 Å². The van der Waals surface area contributed by atoms with Crippen LogP contribution in [-0.4, -0.2) is 30.6 Å². The number of rotatable bonds is 3. The van der Waals surface area contributed by atoms with Crippen molar-refractivity contribution in [1.82, 2.24) is 25.0 Å². The fourth-order valence-corrected chi connectivity index (χ4v) is 2.09. The van der Waals surface area contributed by atoms with Crippen LogP contribution in [0.1, 0.15) is 13.8 Å². The van der Waals surface area contributed by atoms with E-state index in [-0.39, 0.29) is 6.54 Å². The highest BCUT2D eigenvalue weighted by molar-refractivity contribution is 5.83. The zero-order chi connectivity index (χ0) is 14.3. The first-order valence-corrected chi connectivity index (χ1v) is 6.24. The molecule has 0 aliphatic heterocycles. The van der Waals surface area contributed by atoms with Crippen LogP contribution in [0.2, 0.25) is 0 Å². The van der Waals surface area contributed by atoms with Gasteiger partial charge in [-0.1, -0.05) is 0 Å². The SMILES string of the molecule is CC(C)(F)Cn1ncc2cnc(-c3[nH]ncc3N)cc21. The lowest BCUT2D eigenvalue weighted by atomic mass is 10.1. The largest absolute Gasteiger partial charge is 0.396 e. The Labute approximate surface area is 114 Å². The number of nitrogen functional groups attached to an aromatic ring is 1. The second kappa shape index (κ2) is 4.29. The van der Waals surface area contributed by atoms with Crippen LogP contribution in [0.5, 0.6) is 0 Å². The van der Waals surface area contributed by atoms with Crippen molar-refractivity contribution < 1.29 is 4.39 Å². The van der Waals surface area contributed by atoms with Gasteiger partial charge in [0.15, 0.2) is 0 Å². The number of alkyl halides is 1. The predicted octanol–water partition coefficient (Wildman–Crippen LogP) is 2.15. The van der Waals surface area contributed by atoms with E-state index in [0.717, 1.165) is 10.9 Å². The molecule has 3 rings (SSSR count). The molecule has 0 saturated heterocycles. The Bertz CT molecular complexity index is 752. The van der Waals surface area contributed by atoms with Crippen molar-refractivity contribution in [3.63, 3.8) is 0 Å². The van der Waals surface area contributed by atoms with E-state index < -0.39 is 5.67 Å². The summed E-state index contributed by atoms with van der Waals surface area (Å²) in [5.74, 6) is 0. The number of pyridine rings is 1. The monoisotopic (exact) mass is 274 g/mol. The van der Waals surface area contributed by atoms with Gasteiger partial charge in [0.05, 0.1) is 35.8 Å². The van der Waals surface area contributed by atoms with Crippen molar-refractivity contribution in [3.8, 4) is 11.4 Å². The van der Waals surface area contributed by atoms with Crippen molar-refractivity contribution >= 4 is 16.6 Å². The van der Waals surface area contributed by atoms with Crippen molar-refractivity contribution in [2.45, 2.75) is 26.1 Å². The Hall–Kier alpha value is -2.44. The molecule has 3 N–H and O–H groups in total. The summed E-state index contributed by atoms with van der Waals surface area (Å²) in [7, 11) is 0. The van der Waals surface area contributed by atoms with Gasteiger partial charge in [-0.2, -0.15) is 10.2 Å². The maximum atomic E-state index is 13.8. The molecular weight excluding hydrogens is 259 g/mol. The summed E-state index contributed by atoms with van der Waals surface area (Å²) in [4.78, 5) is 4.32. The maximum absolute atomic E-state index is 13.8. The van der Waals surface area contributed by atoms with E-state index in [1.165, 1.54) is 20.0 Å². The van der Waals surface area contributed by atoms with Gasteiger partial charge in [0.2, 0.25) is 0 Å². The van der Waals surface area contributed by atoms with Crippen molar-refractivity contribution in [2.24, 2.45) is 0 Å². The summed E-state index contributed by atoms with van der Waals surface area (Å²) >= 11 is 0. The quantitative estimate of drug-likeness (QED) is 0.766. The minimum Gasteiger partial charge on any atom is -0.396 e. The Morgan fingerprint density at radius 2 is 2.15 bits per heavy atom. The van der Waals surface area contributed by atoms with Crippen molar-refractivity contribution in [2.75, 3.05) is 5.73 Å². The summed E-state index contributed by atoms with van der Waals surface area (Å²) in [6, 6.07) is 1.83. The molecular formula is C13H15FN6. The molecule has 0 fully saturated rings. The van der Waals surface area contributed by atoms with E-state index in [1.54, 1.807) is 17.1 Å². The normalized spacial score (nSPS) is 12.2. The molecule has 0 amide bonds. The average molecular weight is 274 g/mol. The number of aromatic nitrogens is 5. The highest BCUT2D eigenvalue weighted by Crippen LogP contribution is 2.25. The molecule has 6 nitrogen and oxygen atoms in total. The fraction of sp³-hybridized carbons (Fsp3) is 0.308. The number of hydrogen-bond acceptors (Lipinski definition) is 4. The third-order valence-corrected chi connectivity index (χ3v) is 2.98. The first-order valence-electron chi connectivity index (χ1n) is 6.24. The number of nitrogens with zero attached hydrogens (tertiary/aromatic N) is 4. The topological polar surface area (TPSA) is 85.4 Å². The third kappa shape index (κ3) is 2.22. The van der Waals surface area contributed by atoms with Gasteiger partial charge >= 0.3 is 0 Å². The summed E-state index contributed by atoms with van der Waals surface area (Å²) in [6.45, 7) is 3.23. The molecule has 3 aromatic heterocycles. The minimum atomic E-state index is -1.34. The Kier molecular flexibility index (Phi) is 2.70. The molecule has 3 heterocycles. The summed E-state index contributed by atoms with van der Waals surface area (Å²) in [6.07, 6.45) is 4.90. The van der Waals surface area contributed by atoms with Gasteiger partial charge in [-0.05, 0) is 19.9 Å². The Morgan fingerprint density at radius 3 is 2.80 bits per heavy atom. The fourth-order valence-electron chi connectivity index (χ4n) is 2.09. The first-order chi connectivity index (χ1) is 9.44. The lowest BCUT2D eigenvalue weighted by Crippen LogP contribution is -2.21. The van der Waals surface area contributed by atoms with Crippen LogP contribution in [0.4, 0.5) is 10.1 Å². The molecule has 0 unspecified atom stereocenters. The van der Waals surface area contributed by atoms with Gasteiger partial charge in [0, 0.05) is 11.6 Å². The number of hydrogen-bond donors (Lipinski definition) is 2. The van der Waals surface area contributed by atoms with Crippen molar-refractivity contribution in [1.29, 1.82) is 0 Å². The molecule has 20 heavy (non-hydrogen) atoms. The van der Waals surface area contributed by atoms with E-state index >= 15 is 0 Å². The van der Waals surface area contributed by atoms with Crippen LogP contribution in [0.3, 0.4) is 0 Å². The average Bonchev–Trinajstić information content (AvgIpc) is 2.94. The lowest BCUT2D eigenvalue weighted by molar-refractivity contribution is 0.182. The number of aromatic amines is 1. The molecule has 0 atom stereocenters. The van der Waals surface area contributed by atoms with Gasteiger partial charge in [-0.3, -0.25) is 14.8 Å². The molecule has 0 spiro atoms. The standard InChI is InChI=1S/C13H15FN6/c1-13(2,14)7-20-11-3-10(12-9(15)6-17-19-12)16-4-8(11)5-18-20/h3-6H,7,15H2,1-2H3,(H,17,19). The van der Waals surface area contributed by atoms with Crippen LogP contribution in [0, 0.1) is 0 Å². The molecule has 0 bridgehead atoms. The number of H-pyrrole nitrogens is 1. The lowest BCUT2D eigenvalue weighted by Gasteiger charge is -2.14. The number of nitrogens with two attached hydrogens (primary N) is 1. The third-order valence-electron chi connectivity index (χ3n) is 2.98. The van der Waals surface area contributed by atoms with E-state index in [1.807, 2.05) is 6.07 Å². The van der Waals surface area contributed by atoms with Crippen LogP contribution >= 0.6 is 0 Å². The molecule has 0 aliphatic carbocycles. The Balaban J connectivity index is 2.10. The molecule has 3 aromatic rings. The van der Waals surface area contributed by atoms with Crippen LogP contribution in [0.15, 0.2) is 24.7 Å². The van der Waals surface area contributed by atoms with E-state index in [4.69, 9.17) is 5.73 Å². The highest BCUT2D eigenvalue weighted by Gasteiger charge is 2.19. The van der Waals surface area contributed by atoms with Gasteiger partial charge in [-0.15, -0.1) is 0 Å². The first kappa shape index (κ1) is 12.6. The minimum absolute atomic E-state index is 0.179. The molecule has 0 aromatic carbocycles. The van der Waals surface area contributed by atoms with Crippen LogP contribution < -0.4 is 5.73 Å². The predicted molar refractivity (Wildman–Crippen MR) is 74.7 cm³/mol. The molecule has 0 radical (unpaired) electrons. The molecule has 104 valence electrons. The van der Waals surface area contributed by atoms with Crippen molar-refractivity contribution in [3.05, 3.63) is 24.7 Å². The van der Waals surface area contributed by atoms with E-state index in [0.29, 0.717) is 17.1 Å². The second-order valence-corrected chi connectivity index (χ2v) is 5.35. The number of halogens is 1. The van der Waals surface area contributed by atoms with Gasteiger partial charge in [-0.25, -0.2) is 4.39 Å². The maximum Gasteiger partial charge on any atom is 0.125 e.